The lowest BCUT2D eigenvalue weighted by Crippen LogP contribution is -1.92. The monoisotopic (exact) mass is 190 g/mol. The average Bonchev–Trinajstić information content (AvgIpc) is 2.42. The van der Waals surface area contributed by atoms with Crippen molar-refractivity contribution in [1.82, 2.24) is 0 Å². The summed E-state index contributed by atoms with van der Waals surface area (Å²) in [7, 11) is 0. The van der Waals surface area contributed by atoms with Gasteiger partial charge in [-0.15, -0.1) is 0 Å². The molecule has 0 aliphatic carbocycles. The number of fused-ring (bicyclic) bond motifs is 1. The van der Waals surface area contributed by atoms with E-state index in [9.17, 15) is 9.90 Å². The summed E-state index contributed by atoms with van der Waals surface area (Å²) in [6.07, 6.45) is 0. The average molecular weight is 190 g/mol. The van der Waals surface area contributed by atoms with Crippen LogP contribution in [-0.4, -0.2) is 10.9 Å². The molecular formula is C11H10O3. The third-order valence-electron chi connectivity index (χ3n) is 2.22. The minimum atomic E-state index is -0.0947. The highest BCUT2D eigenvalue weighted by Gasteiger charge is 2.17. The SMILES string of the molecule is CC(=O)c1c(C)oc2cccc(O)c12. The van der Waals surface area contributed by atoms with Gasteiger partial charge < -0.3 is 9.52 Å². The van der Waals surface area contributed by atoms with E-state index in [2.05, 4.69) is 0 Å². The minimum Gasteiger partial charge on any atom is -0.507 e. The van der Waals surface area contributed by atoms with E-state index in [0.717, 1.165) is 0 Å². The Labute approximate surface area is 81.0 Å². The maximum Gasteiger partial charge on any atom is 0.164 e. The van der Waals surface area contributed by atoms with Gasteiger partial charge >= 0.3 is 0 Å². The molecule has 0 bridgehead atoms. The molecule has 2 aromatic rings. The van der Waals surface area contributed by atoms with Crippen LogP contribution in [0.4, 0.5) is 0 Å². The van der Waals surface area contributed by atoms with Gasteiger partial charge in [0, 0.05) is 0 Å². The van der Waals surface area contributed by atoms with Crippen LogP contribution >= 0.6 is 0 Å². The van der Waals surface area contributed by atoms with E-state index in [1.807, 2.05) is 0 Å². The first-order valence-corrected chi connectivity index (χ1v) is 4.33. The Kier molecular flexibility index (Phi) is 1.81. The maximum absolute atomic E-state index is 11.3. The largest absolute Gasteiger partial charge is 0.507 e. The van der Waals surface area contributed by atoms with Crippen LogP contribution in [0.2, 0.25) is 0 Å². The van der Waals surface area contributed by atoms with Crippen molar-refractivity contribution in [1.29, 1.82) is 0 Å². The highest BCUT2D eigenvalue weighted by Crippen LogP contribution is 2.32. The molecule has 0 unspecified atom stereocenters. The lowest BCUT2D eigenvalue weighted by atomic mass is 10.1. The van der Waals surface area contributed by atoms with Crippen molar-refractivity contribution in [3.63, 3.8) is 0 Å². The number of hydrogen-bond acceptors (Lipinski definition) is 3. The number of carbonyl (C=O) groups is 1. The van der Waals surface area contributed by atoms with Crippen LogP contribution in [0, 0.1) is 6.92 Å². The number of carbonyl (C=O) groups excluding carboxylic acids is 1. The number of Topliss-reactive ketones (excluding diaryl/α,β-unsaturated/α-hetero) is 1. The van der Waals surface area contributed by atoms with Crippen LogP contribution < -0.4 is 0 Å². The van der Waals surface area contributed by atoms with E-state index >= 15 is 0 Å². The van der Waals surface area contributed by atoms with E-state index in [1.165, 1.54) is 6.92 Å². The molecule has 1 heterocycles. The zero-order valence-corrected chi connectivity index (χ0v) is 8.00. The summed E-state index contributed by atoms with van der Waals surface area (Å²) >= 11 is 0. The molecule has 0 fully saturated rings. The maximum atomic E-state index is 11.3. The van der Waals surface area contributed by atoms with Crippen molar-refractivity contribution in [2.24, 2.45) is 0 Å². The second-order valence-corrected chi connectivity index (χ2v) is 3.24. The van der Waals surface area contributed by atoms with Crippen LogP contribution in [0.15, 0.2) is 22.6 Å². The van der Waals surface area contributed by atoms with E-state index in [1.54, 1.807) is 25.1 Å². The predicted molar refractivity (Wildman–Crippen MR) is 52.6 cm³/mol. The van der Waals surface area contributed by atoms with E-state index in [4.69, 9.17) is 4.42 Å². The van der Waals surface area contributed by atoms with Gasteiger partial charge in [-0.2, -0.15) is 0 Å². The van der Waals surface area contributed by atoms with Crippen molar-refractivity contribution >= 4 is 16.8 Å². The molecule has 2 rings (SSSR count). The Hall–Kier alpha value is -1.77. The van der Waals surface area contributed by atoms with Gasteiger partial charge in [0.15, 0.2) is 5.78 Å². The molecule has 0 saturated carbocycles. The summed E-state index contributed by atoms with van der Waals surface area (Å²) in [5.41, 5.74) is 1.02. The quantitative estimate of drug-likeness (QED) is 0.703. The van der Waals surface area contributed by atoms with Gasteiger partial charge in [0.2, 0.25) is 0 Å². The second kappa shape index (κ2) is 2.87. The first-order valence-electron chi connectivity index (χ1n) is 4.33. The van der Waals surface area contributed by atoms with E-state index in [0.29, 0.717) is 22.3 Å². The van der Waals surface area contributed by atoms with Gasteiger partial charge in [0.25, 0.3) is 0 Å². The van der Waals surface area contributed by atoms with Crippen LogP contribution in [0.5, 0.6) is 5.75 Å². The molecule has 14 heavy (non-hydrogen) atoms. The van der Waals surface area contributed by atoms with Crippen molar-refractivity contribution < 1.29 is 14.3 Å². The van der Waals surface area contributed by atoms with Crippen LogP contribution in [0.25, 0.3) is 11.0 Å². The van der Waals surface area contributed by atoms with Crippen molar-refractivity contribution in [3.8, 4) is 5.75 Å². The number of benzene rings is 1. The highest BCUT2D eigenvalue weighted by molar-refractivity contribution is 6.09. The Balaban J connectivity index is 2.93. The fourth-order valence-electron chi connectivity index (χ4n) is 1.67. The van der Waals surface area contributed by atoms with Gasteiger partial charge in [-0.1, -0.05) is 6.07 Å². The summed E-state index contributed by atoms with van der Waals surface area (Å²) in [5.74, 6) is 0.543. The van der Waals surface area contributed by atoms with Gasteiger partial charge in [-0.25, -0.2) is 0 Å². The third kappa shape index (κ3) is 1.09. The fraction of sp³-hybridized carbons (Fsp3) is 0.182. The molecule has 72 valence electrons. The Morgan fingerprint density at radius 3 is 2.79 bits per heavy atom. The number of hydrogen-bond donors (Lipinski definition) is 1. The van der Waals surface area contributed by atoms with Gasteiger partial charge in [-0.3, -0.25) is 4.79 Å². The molecule has 0 aliphatic rings. The number of aryl methyl sites for hydroxylation is 1. The number of phenolic OH excluding ortho intramolecular Hbond substituents is 1. The summed E-state index contributed by atoms with van der Waals surface area (Å²) < 4.78 is 5.36. The summed E-state index contributed by atoms with van der Waals surface area (Å²) in [6, 6.07) is 4.96. The van der Waals surface area contributed by atoms with Crippen molar-refractivity contribution in [2.45, 2.75) is 13.8 Å². The molecule has 0 aliphatic heterocycles. The fourth-order valence-corrected chi connectivity index (χ4v) is 1.67. The topological polar surface area (TPSA) is 50.4 Å². The molecule has 3 nitrogen and oxygen atoms in total. The lowest BCUT2D eigenvalue weighted by molar-refractivity contribution is 0.101. The predicted octanol–water partition coefficient (Wildman–Crippen LogP) is 2.65. The molecule has 1 aromatic heterocycles. The molecule has 0 radical (unpaired) electrons. The molecule has 0 atom stereocenters. The second-order valence-electron chi connectivity index (χ2n) is 3.24. The molecule has 1 N–H and O–H groups in total. The van der Waals surface area contributed by atoms with Crippen molar-refractivity contribution in [2.75, 3.05) is 0 Å². The third-order valence-corrected chi connectivity index (χ3v) is 2.22. The van der Waals surface area contributed by atoms with Crippen LogP contribution in [-0.2, 0) is 0 Å². The van der Waals surface area contributed by atoms with Gasteiger partial charge in [-0.05, 0) is 26.0 Å². The molecule has 3 heteroatoms. The molecule has 0 spiro atoms. The van der Waals surface area contributed by atoms with E-state index < -0.39 is 0 Å². The Morgan fingerprint density at radius 1 is 1.43 bits per heavy atom. The van der Waals surface area contributed by atoms with Gasteiger partial charge in [0.05, 0.1) is 10.9 Å². The number of aromatic hydroxyl groups is 1. The number of furan rings is 1. The van der Waals surface area contributed by atoms with Crippen LogP contribution in [0.1, 0.15) is 23.0 Å². The number of ketones is 1. The molecular weight excluding hydrogens is 180 g/mol. The number of phenols is 1. The Bertz CT molecular complexity index is 508. The highest BCUT2D eigenvalue weighted by atomic mass is 16.3. The van der Waals surface area contributed by atoms with Crippen LogP contribution in [0.3, 0.4) is 0 Å². The first-order chi connectivity index (χ1) is 6.61. The zero-order valence-electron chi connectivity index (χ0n) is 8.00. The zero-order chi connectivity index (χ0) is 10.3. The smallest absolute Gasteiger partial charge is 0.164 e. The van der Waals surface area contributed by atoms with E-state index in [-0.39, 0.29) is 11.5 Å². The summed E-state index contributed by atoms with van der Waals surface area (Å²) in [4.78, 5) is 11.3. The standard InChI is InChI=1S/C11H10O3/c1-6(12)10-7(2)14-9-5-3-4-8(13)11(9)10/h3-5,13H,1-2H3. The Morgan fingerprint density at radius 2 is 2.14 bits per heavy atom. The normalized spacial score (nSPS) is 10.7. The summed E-state index contributed by atoms with van der Waals surface area (Å²) in [6.45, 7) is 3.18. The number of rotatable bonds is 1. The van der Waals surface area contributed by atoms with Crippen molar-refractivity contribution in [3.05, 3.63) is 29.5 Å². The lowest BCUT2D eigenvalue weighted by Gasteiger charge is -1.95. The molecule has 0 saturated heterocycles. The molecule has 0 amide bonds. The minimum absolute atomic E-state index is 0.0875. The molecule has 1 aromatic carbocycles. The first kappa shape index (κ1) is 8.81. The summed E-state index contributed by atoms with van der Waals surface area (Å²) in [5, 5.41) is 10.1. The van der Waals surface area contributed by atoms with Gasteiger partial charge in [0.1, 0.15) is 17.1 Å².